The number of anilines is 3. The number of nitrogens with two attached hydrogens (primary N) is 1. The number of benzene rings is 2. The van der Waals surface area contributed by atoms with Gasteiger partial charge in [0.25, 0.3) is 0 Å². The molecule has 4 heteroatoms. The van der Waals surface area contributed by atoms with E-state index in [1.54, 1.807) is 25.1 Å². The van der Waals surface area contributed by atoms with Gasteiger partial charge in [-0.3, -0.25) is 0 Å². The van der Waals surface area contributed by atoms with E-state index in [-0.39, 0.29) is 5.97 Å². The van der Waals surface area contributed by atoms with Gasteiger partial charge in [0.05, 0.1) is 23.5 Å². The van der Waals surface area contributed by atoms with E-state index in [0.29, 0.717) is 23.5 Å². The first-order valence-corrected chi connectivity index (χ1v) is 7.07. The van der Waals surface area contributed by atoms with Crippen LogP contribution in [0.1, 0.15) is 29.8 Å². The van der Waals surface area contributed by atoms with Crippen LogP contribution in [0.25, 0.3) is 0 Å². The maximum absolute atomic E-state index is 11.8. The summed E-state index contributed by atoms with van der Waals surface area (Å²) in [7, 11) is 0. The summed E-state index contributed by atoms with van der Waals surface area (Å²) in [6.45, 7) is 4.23. The van der Waals surface area contributed by atoms with Gasteiger partial charge in [0.15, 0.2) is 0 Å². The molecule has 0 amide bonds. The minimum Gasteiger partial charge on any atom is -0.462 e. The third-order valence-electron chi connectivity index (χ3n) is 3.23. The second-order valence-corrected chi connectivity index (χ2v) is 4.66. The summed E-state index contributed by atoms with van der Waals surface area (Å²) in [6.07, 6.45) is 0.917. The third-order valence-corrected chi connectivity index (χ3v) is 3.23. The summed E-state index contributed by atoms with van der Waals surface area (Å²) >= 11 is 0. The molecule has 0 saturated heterocycles. The number of aryl methyl sites for hydroxylation is 1. The number of para-hydroxylation sites is 1. The van der Waals surface area contributed by atoms with E-state index in [0.717, 1.165) is 12.1 Å². The van der Waals surface area contributed by atoms with E-state index in [1.807, 2.05) is 18.2 Å². The van der Waals surface area contributed by atoms with Crippen molar-refractivity contribution < 1.29 is 9.53 Å². The molecule has 0 aromatic heterocycles. The summed E-state index contributed by atoms with van der Waals surface area (Å²) in [5.41, 5.74) is 9.96. The molecule has 0 spiro atoms. The van der Waals surface area contributed by atoms with Crippen LogP contribution in [-0.4, -0.2) is 12.6 Å². The van der Waals surface area contributed by atoms with Crippen molar-refractivity contribution in [3.8, 4) is 0 Å². The molecule has 110 valence electrons. The lowest BCUT2D eigenvalue weighted by atomic mass is 10.1. The summed E-state index contributed by atoms with van der Waals surface area (Å²) in [5.74, 6) is -0.343. The van der Waals surface area contributed by atoms with E-state index in [4.69, 9.17) is 10.5 Å². The molecule has 0 aliphatic carbocycles. The Morgan fingerprint density at radius 1 is 1.14 bits per heavy atom. The Morgan fingerprint density at radius 3 is 2.62 bits per heavy atom. The minimum atomic E-state index is -0.343. The Labute approximate surface area is 124 Å². The summed E-state index contributed by atoms with van der Waals surface area (Å²) in [6, 6.07) is 13.1. The molecular weight excluding hydrogens is 264 g/mol. The Balaban J connectivity index is 2.31. The zero-order chi connectivity index (χ0) is 15.2. The van der Waals surface area contributed by atoms with Crippen LogP contribution in [-0.2, 0) is 11.2 Å². The fourth-order valence-electron chi connectivity index (χ4n) is 2.10. The monoisotopic (exact) mass is 284 g/mol. The Bertz CT molecular complexity index is 638. The molecule has 0 saturated carbocycles. The van der Waals surface area contributed by atoms with Gasteiger partial charge in [-0.05, 0) is 43.2 Å². The second kappa shape index (κ2) is 6.79. The number of esters is 1. The van der Waals surface area contributed by atoms with Crippen LogP contribution in [0.4, 0.5) is 17.1 Å². The minimum absolute atomic E-state index is 0.343. The molecule has 3 N–H and O–H groups in total. The number of hydrogen-bond acceptors (Lipinski definition) is 4. The summed E-state index contributed by atoms with van der Waals surface area (Å²) < 4.78 is 5.01. The van der Waals surface area contributed by atoms with Gasteiger partial charge in [-0.1, -0.05) is 25.1 Å². The van der Waals surface area contributed by atoms with Crippen LogP contribution in [0, 0.1) is 0 Å². The molecule has 0 atom stereocenters. The van der Waals surface area contributed by atoms with Crippen LogP contribution >= 0.6 is 0 Å². The number of nitrogen functional groups attached to an aromatic ring is 1. The normalized spacial score (nSPS) is 10.2. The average molecular weight is 284 g/mol. The van der Waals surface area contributed by atoms with Gasteiger partial charge >= 0.3 is 5.97 Å². The van der Waals surface area contributed by atoms with Gasteiger partial charge in [0.1, 0.15) is 0 Å². The molecule has 0 aliphatic heterocycles. The van der Waals surface area contributed by atoms with E-state index < -0.39 is 0 Å². The number of nitrogens with one attached hydrogen (secondary N) is 1. The van der Waals surface area contributed by atoms with Crippen LogP contribution < -0.4 is 11.1 Å². The number of carbonyl (C=O) groups excluding carboxylic acids is 1. The molecule has 0 radical (unpaired) electrons. The first-order chi connectivity index (χ1) is 10.2. The molecule has 0 bridgehead atoms. The van der Waals surface area contributed by atoms with Gasteiger partial charge in [-0.15, -0.1) is 0 Å². The van der Waals surface area contributed by atoms with Crippen molar-refractivity contribution in [2.75, 3.05) is 17.7 Å². The van der Waals surface area contributed by atoms with E-state index in [2.05, 4.69) is 18.3 Å². The highest BCUT2D eigenvalue weighted by atomic mass is 16.5. The van der Waals surface area contributed by atoms with Crippen molar-refractivity contribution in [3.05, 3.63) is 53.6 Å². The molecular formula is C17H20N2O2. The van der Waals surface area contributed by atoms with Crippen LogP contribution in [0.5, 0.6) is 0 Å². The highest BCUT2D eigenvalue weighted by Crippen LogP contribution is 2.27. The predicted molar refractivity (Wildman–Crippen MR) is 85.9 cm³/mol. The molecule has 0 unspecified atom stereocenters. The van der Waals surface area contributed by atoms with E-state index in [1.165, 1.54) is 5.56 Å². The van der Waals surface area contributed by atoms with Crippen molar-refractivity contribution in [2.45, 2.75) is 20.3 Å². The SMILES string of the molecule is CCOC(=O)c1ccc(N)c(Nc2ccccc2CC)c1. The molecule has 0 aliphatic rings. The first kappa shape index (κ1) is 14.9. The van der Waals surface area contributed by atoms with Crippen molar-refractivity contribution in [1.82, 2.24) is 0 Å². The third kappa shape index (κ3) is 3.54. The van der Waals surface area contributed by atoms with Gasteiger partial charge in [0.2, 0.25) is 0 Å². The van der Waals surface area contributed by atoms with Gasteiger partial charge in [-0.25, -0.2) is 4.79 Å². The summed E-state index contributed by atoms with van der Waals surface area (Å²) in [4.78, 5) is 11.8. The number of rotatable bonds is 5. The van der Waals surface area contributed by atoms with Crippen molar-refractivity contribution in [3.63, 3.8) is 0 Å². The van der Waals surface area contributed by atoms with Crippen molar-refractivity contribution in [2.24, 2.45) is 0 Å². The fraction of sp³-hybridized carbons (Fsp3) is 0.235. The smallest absolute Gasteiger partial charge is 0.338 e. The first-order valence-electron chi connectivity index (χ1n) is 7.07. The van der Waals surface area contributed by atoms with Gasteiger partial charge < -0.3 is 15.8 Å². The topological polar surface area (TPSA) is 64.3 Å². The Morgan fingerprint density at radius 2 is 1.90 bits per heavy atom. The molecule has 21 heavy (non-hydrogen) atoms. The lowest BCUT2D eigenvalue weighted by Crippen LogP contribution is -2.06. The second-order valence-electron chi connectivity index (χ2n) is 4.66. The zero-order valence-electron chi connectivity index (χ0n) is 12.3. The number of ether oxygens (including phenoxy) is 1. The van der Waals surface area contributed by atoms with Gasteiger partial charge in [-0.2, -0.15) is 0 Å². The predicted octanol–water partition coefficient (Wildman–Crippen LogP) is 3.75. The maximum atomic E-state index is 11.8. The molecule has 0 heterocycles. The molecule has 4 nitrogen and oxygen atoms in total. The number of carbonyl (C=O) groups is 1. The Kier molecular flexibility index (Phi) is 4.82. The largest absolute Gasteiger partial charge is 0.462 e. The summed E-state index contributed by atoms with van der Waals surface area (Å²) in [5, 5.41) is 3.30. The molecule has 0 fully saturated rings. The zero-order valence-corrected chi connectivity index (χ0v) is 12.3. The van der Waals surface area contributed by atoms with Crippen molar-refractivity contribution in [1.29, 1.82) is 0 Å². The lowest BCUT2D eigenvalue weighted by molar-refractivity contribution is 0.0526. The molecule has 2 aromatic carbocycles. The van der Waals surface area contributed by atoms with Gasteiger partial charge in [0, 0.05) is 5.69 Å². The van der Waals surface area contributed by atoms with E-state index >= 15 is 0 Å². The highest BCUT2D eigenvalue weighted by Gasteiger charge is 2.10. The molecule has 2 aromatic rings. The van der Waals surface area contributed by atoms with Crippen LogP contribution in [0.15, 0.2) is 42.5 Å². The van der Waals surface area contributed by atoms with Crippen LogP contribution in [0.2, 0.25) is 0 Å². The van der Waals surface area contributed by atoms with Crippen molar-refractivity contribution >= 4 is 23.0 Å². The fourth-order valence-corrected chi connectivity index (χ4v) is 2.10. The van der Waals surface area contributed by atoms with Crippen LogP contribution in [0.3, 0.4) is 0 Å². The maximum Gasteiger partial charge on any atom is 0.338 e. The quantitative estimate of drug-likeness (QED) is 0.648. The standard InChI is InChI=1S/C17H20N2O2/c1-3-12-7-5-6-8-15(12)19-16-11-13(9-10-14(16)18)17(20)21-4-2/h5-11,19H,3-4,18H2,1-2H3. The highest BCUT2D eigenvalue weighted by molar-refractivity contribution is 5.92. The number of hydrogen-bond donors (Lipinski definition) is 2. The molecule has 2 rings (SSSR count). The average Bonchev–Trinajstić information content (AvgIpc) is 2.50. The lowest BCUT2D eigenvalue weighted by Gasteiger charge is -2.14. The Hall–Kier alpha value is -2.49. The van der Waals surface area contributed by atoms with E-state index in [9.17, 15) is 4.79 Å².